The number of nitrogens with one attached hydrogen (secondary N) is 1. The number of ether oxygens (including phenoxy) is 1. The van der Waals surface area contributed by atoms with Gasteiger partial charge in [0, 0.05) is 22.6 Å². The molecule has 2 heterocycles. The van der Waals surface area contributed by atoms with Gasteiger partial charge in [-0.2, -0.15) is 0 Å². The number of fused-ring (bicyclic) bond motifs is 1. The van der Waals surface area contributed by atoms with E-state index in [1.54, 1.807) is 12.1 Å². The zero-order chi connectivity index (χ0) is 16.0. The van der Waals surface area contributed by atoms with E-state index in [2.05, 4.69) is 17.2 Å². The molecule has 2 aromatic rings. The van der Waals surface area contributed by atoms with Gasteiger partial charge in [0.25, 0.3) is 0 Å². The van der Waals surface area contributed by atoms with E-state index in [0.29, 0.717) is 34.2 Å². The van der Waals surface area contributed by atoms with Gasteiger partial charge in [-0.15, -0.1) is 0 Å². The summed E-state index contributed by atoms with van der Waals surface area (Å²) < 4.78 is 19.5. The van der Waals surface area contributed by atoms with Crippen LogP contribution in [0.3, 0.4) is 0 Å². The van der Waals surface area contributed by atoms with E-state index in [4.69, 9.17) is 16.3 Å². The van der Waals surface area contributed by atoms with Gasteiger partial charge in [-0.25, -0.2) is 9.37 Å². The molecular weight excluding hydrogens is 315 g/mol. The summed E-state index contributed by atoms with van der Waals surface area (Å²) in [6.07, 6.45) is 0. The van der Waals surface area contributed by atoms with Crippen molar-refractivity contribution in [2.75, 3.05) is 13.1 Å². The molecule has 0 amide bonds. The normalized spacial score (nSPS) is 25.3. The molecule has 1 aromatic heterocycles. The first-order valence-corrected chi connectivity index (χ1v) is 8.26. The molecule has 0 spiro atoms. The highest BCUT2D eigenvalue weighted by Crippen LogP contribution is 2.56. The lowest BCUT2D eigenvalue weighted by Gasteiger charge is -2.11. The number of nitrogens with zero attached hydrogens (tertiary/aromatic N) is 1. The van der Waals surface area contributed by atoms with Crippen LogP contribution < -0.4 is 10.1 Å². The molecule has 1 aromatic carbocycles. The molecule has 1 saturated carbocycles. The Morgan fingerprint density at radius 1 is 1.26 bits per heavy atom. The zero-order valence-corrected chi connectivity index (χ0v) is 13.6. The SMILES string of the molecule is Cc1ccc(OCc2ccc(Cl)cc2F)nc1C1[C@H]2CNC[C@@H]12. The molecule has 120 valence electrons. The van der Waals surface area contributed by atoms with E-state index >= 15 is 0 Å². The number of aromatic nitrogens is 1. The van der Waals surface area contributed by atoms with Crippen molar-refractivity contribution in [3.63, 3.8) is 0 Å². The van der Waals surface area contributed by atoms with Crippen molar-refractivity contribution in [1.82, 2.24) is 10.3 Å². The molecule has 23 heavy (non-hydrogen) atoms. The highest BCUT2D eigenvalue weighted by atomic mass is 35.5. The molecule has 0 bridgehead atoms. The van der Waals surface area contributed by atoms with Crippen molar-refractivity contribution >= 4 is 11.6 Å². The van der Waals surface area contributed by atoms with E-state index in [1.165, 1.54) is 11.6 Å². The van der Waals surface area contributed by atoms with Crippen LogP contribution in [0.25, 0.3) is 0 Å². The van der Waals surface area contributed by atoms with Crippen LogP contribution in [0.15, 0.2) is 30.3 Å². The number of rotatable bonds is 4. The fraction of sp³-hybridized carbons (Fsp3) is 0.389. The molecule has 3 nitrogen and oxygen atoms in total. The van der Waals surface area contributed by atoms with E-state index in [0.717, 1.165) is 18.8 Å². The van der Waals surface area contributed by atoms with Crippen molar-refractivity contribution in [3.8, 4) is 5.88 Å². The van der Waals surface area contributed by atoms with Crippen molar-refractivity contribution in [2.24, 2.45) is 11.8 Å². The summed E-state index contributed by atoms with van der Waals surface area (Å²) in [5, 5.41) is 3.79. The predicted molar refractivity (Wildman–Crippen MR) is 87.3 cm³/mol. The summed E-state index contributed by atoms with van der Waals surface area (Å²) in [6.45, 7) is 4.40. The van der Waals surface area contributed by atoms with Crippen LogP contribution in [0.2, 0.25) is 5.02 Å². The maximum atomic E-state index is 13.8. The molecule has 2 fully saturated rings. The lowest BCUT2D eigenvalue weighted by atomic mass is 10.1. The number of aryl methyl sites for hydroxylation is 1. The Bertz CT molecular complexity index is 742. The van der Waals surface area contributed by atoms with E-state index in [1.807, 2.05) is 12.1 Å². The Hall–Kier alpha value is -1.65. The second-order valence-corrected chi connectivity index (χ2v) is 6.82. The first kappa shape index (κ1) is 14.9. The van der Waals surface area contributed by atoms with Gasteiger partial charge in [-0.05, 0) is 49.5 Å². The first-order chi connectivity index (χ1) is 11.1. The average Bonchev–Trinajstić information content (AvgIpc) is 2.99. The van der Waals surface area contributed by atoms with Crippen LogP contribution >= 0.6 is 11.6 Å². The standard InChI is InChI=1S/C18H18ClFN2O/c1-10-2-5-16(22-18(10)17-13-7-21-8-14(13)17)23-9-11-3-4-12(19)6-15(11)20/h2-6,13-14,17,21H,7-9H2,1H3/t13-,14+,17?. The van der Waals surface area contributed by atoms with Gasteiger partial charge in [0.15, 0.2) is 0 Å². The van der Waals surface area contributed by atoms with Crippen molar-refractivity contribution in [1.29, 1.82) is 0 Å². The van der Waals surface area contributed by atoms with Gasteiger partial charge in [0.05, 0.1) is 5.69 Å². The van der Waals surface area contributed by atoms with E-state index in [-0.39, 0.29) is 12.4 Å². The van der Waals surface area contributed by atoms with Crippen LogP contribution in [0, 0.1) is 24.6 Å². The summed E-state index contributed by atoms with van der Waals surface area (Å²) in [4.78, 5) is 4.68. The van der Waals surface area contributed by atoms with Gasteiger partial charge in [-0.1, -0.05) is 23.7 Å². The quantitative estimate of drug-likeness (QED) is 0.927. The van der Waals surface area contributed by atoms with Gasteiger partial charge < -0.3 is 10.1 Å². The second kappa shape index (κ2) is 5.77. The van der Waals surface area contributed by atoms with Gasteiger partial charge in [-0.3, -0.25) is 0 Å². The number of benzene rings is 1. The largest absolute Gasteiger partial charge is 0.473 e. The van der Waals surface area contributed by atoms with E-state index < -0.39 is 0 Å². The van der Waals surface area contributed by atoms with Gasteiger partial charge >= 0.3 is 0 Å². The maximum Gasteiger partial charge on any atom is 0.213 e. The lowest BCUT2D eigenvalue weighted by Crippen LogP contribution is -2.15. The zero-order valence-electron chi connectivity index (χ0n) is 12.9. The minimum Gasteiger partial charge on any atom is -0.473 e. The predicted octanol–water partition coefficient (Wildman–Crippen LogP) is 3.69. The summed E-state index contributed by atoms with van der Waals surface area (Å²) in [5.74, 6) is 2.17. The number of hydrogen-bond acceptors (Lipinski definition) is 3. The highest BCUT2D eigenvalue weighted by Gasteiger charge is 2.54. The highest BCUT2D eigenvalue weighted by molar-refractivity contribution is 6.30. The summed E-state index contributed by atoms with van der Waals surface area (Å²) in [7, 11) is 0. The number of halogens is 2. The molecule has 2 aliphatic rings. The molecule has 5 heteroatoms. The fourth-order valence-electron chi connectivity index (χ4n) is 3.56. The van der Waals surface area contributed by atoms with Crippen LogP contribution in [0.1, 0.15) is 22.7 Å². The second-order valence-electron chi connectivity index (χ2n) is 6.39. The molecule has 0 radical (unpaired) electrons. The third-order valence-electron chi connectivity index (χ3n) is 4.91. The van der Waals surface area contributed by atoms with Crippen molar-refractivity contribution in [3.05, 3.63) is 58.0 Å². The third-order valence-corrected chi connectivity index (χ3v) is 5.14. The average molecular weight is 333 g/mol. The minimum atomic E-state index is -0.354. The maximum absolute atomic E-state index is 13.8. The molecule has 4 rings (SSSR count). The summed E-state index contributed by atoms with van der Waals surface area (Å²) in [6, 6.07) is 8.49. The van der Waals surface area contributed by atoms with Crippen LogP contribution in [-0.2, 0) is 6.61 Å². The lowest BCUT2D eigenvalue weighted by molar-refractivity contribution is 0.287. The Kier molecular flexibility index (Phi) is 3.74. The molecule has 3 atom stereocenters. The molecule has 1 unspecified atom stereocenters. The molecule has 1 aliphatic carbocycles. The Morgan fingerprint density at radius 3 is 2.78 bits per heavy atom. The van der Waals surface area contributed by atoms with Gasteiger partial charge in [0.1, 0.15) is 12.4 Å². The molecule has 1 aliphatic heterocycles. The smallest absolute Gasteiger partial charge is 0.213 e. The first-order valence-electron chi connectivity index (χ1n) is 7.88. The molecule has 1 saturated heterocycles. The Morgan fingerprint density at radius 2 is 2.04 bits per heavy atom. The van der Waals surface area contributed by atoms with Crippen LogP contribution in [0.4, 0.5) is 4.39 Å². The Balaban J connectivity index is 1.49. The van der Waals surface area contributed by atoms with Crippen molar-refractivity contribution < 1.29 is 9.13 Å². The molecule has 1 N–H and O–H groups in total. The van der Waals surface area contributed by atoms with Crippen LogP contribution in [0.5, 0.6) is 5.88 Å². The number of pyridine rings is 1. The number of hydrogen-bond donors (Lipinski definition) is 1. The van der Waals surface area contributed by atoms with E-state index in [9.17, 15) is 4.39 Å². The fourth-order valence-corrected chi connectivity index (χ4v) is 3.72. The summed E-state index contributed by atoms with van der Waals surface area (Å²) >= 11 is 5.76. The third kappa shape index (κ3) is 2.81. The molecular formula is C18H18ClFN2O. The number of piperidine rings is 1. The van der Waals surface area contributed by atoms with Crippen LogP contribution in [-0.4, -0.2) is 18.1 Å². The summed E-state index contributed by atoms with van der Waals surface area (Å²) in [5.41, 5.74) is 2.82. The Labute approximate surface area is 139 Å². The van der Waals surface area contributed by atoms with Crippen molar-refractivity contribution in [2.45, 2.75) is 19.4 Å². The minimum absolute atomic E-state index is 0.150. The topological polar surface area (TPSA) is 34.1 Å². The van der Waals surface area contributed by atoms with Gasteiger partial charge in [0.2, 0.25) is 5.88 Å². The monoisotopic (exact) mass is 332 g/mol.